The summed E-state index contributed by atoms with van der Waals surface area (Å²) in [6.45, 7) is 14.5. The minimum atomic E-state index is -4.33. The predicted octanol–water partition coefficient (Wildman–Crippen LogP) is 7.72. The quantitative estimate of drug-likeness (QED) is 0.224. The van der Waals surface area contributed by atoms with E-state index in [-0.39, 0.29) is 4.90 Å². The van der Waals surface area contributed by atoms with Crippen LogP contribution in [0.25, 0.3) is 0 Å². The maximum absolute atomic E-state index is 10.8. The van der Waals surface area contributed by atoms with Gasteiger partial charge in [-0.25, -0.2) is 8.42 Å². The molecule has 0 aliphatic rings. The Labute approximate surface area is 188 Å². The van der Waals surface area contributed by atoms with Crippen LogP contribution >= 0.6 is 7.26 Å². The highest BCUT2D eigenvalue weighted by Crippen LogP contribution is 2.61. The van der Waals surface area contributed by atoms with Crippen LogP contribution in [-0.4, -0.2) is 37.6 Å². The summed E-state index contributed by atoms with van der Waals surface area (Å²) in [6.07, 6.45) is 17.9. The second-order valence-corrected chi connectivity index (χ2v) is 14.6. The highest BCUT2D eigenvalue weighted by molar-refractivity contribution is 7.85. The lowest BCUT2D eigenvalue weighted by atomic mass is 10.1. The molecular weight excluding hydrogens is 411 g/mol. The number of hydrogen-bond acceptors (Lipinski definition) is 3. The maximum Gasteiger partial charge on any atom is 0.124 e. The molecule has 0 spiro atoms. The van der Waals surface area contributed by atoms with Crippen molar-refractivity contribution in [1.29, 1.82) is 0 Å². The van der Waals surface area contributed by atoms with E-state index >= 15 is 0 Å². The molecule has 5 heteroatoms. The van der Waals surface area contributed by atoms with Crippen molar-refractivity contribution < 1.29 is 13.0 Å². The molecule has 0 amide bonds. The molecule has 3 nitrogen and oxygen atoms in total. The first-order valence-corrected chi connectivity index (χ1v) is 15.9. The van der Waals surface area contributed by atoms with Gasteiger partial charge in [0.05, 0.1) is 29.5 Å². The maximum atomic E-state index is 10.8. The third-order valence-corrected chi connectivity index (χ3v) is 12.0. The van der Waals surface area contributed by atoms with E-state index in [1.165, 1.54) is 51.4 Å². The standard InChI is InChI=1S/C16H36P.C9H12O3S/c1-5-9-13-17(14-10-6-2,15-11-7-3)16-12-8-4;1-6-4-7(2)9(8(3)5-6)13(10,11)12/h5-16H2,1-4H3;4-5H,1-3H3,(H,10,11,12)/q+1;/p-1. The summed E-state index contributed by atoms with van der Waals surface area (Å²) in [5, 5.41) is 0. The van der Waals surface area contributed by atoms with Crippen LogP contribution in [0.2, 0.25) is 0 Å². The largest absolute Gasteiger partial charge is 0.744 e. The third kappa shape index (κ3) is 11.3. The molecule has 0 atom stereocenters. The summed E-state index contributed by atoms with van der Waals surface area (Å²) in [5.41, 5.74) is 2.00. The Kier molecular flexibility index (Phi) is 15.2. The summed E-state index contributed by atoms with van der Waals surface area (Å²) in [4.78, 5) is -0.0851. The van der Waals surface area contributed by atoms with E-state index < -0.39 is 17.4 Å². The van der Waals surface area contributed by atoms with Gasteiger partial charge in [-0.1, -0.05) is 71.1 Å². The molecule has 0 saturated heterocycles. The molecule has 0 radical (unpaired) electrons. The lowest BCUT2D eigenvalue weighted by molar-refractivity contribution is 0.462. The van der Waals surface area contributed by atoms with Gasteiger partial charge in [0.15, 0.2) is 0 Å². The van der Waals surface area contributed by atoms with E-state index in [4.69, 9.17) is 0 Å². The van der Waals surface area contributed by atoms with E-state index in [2.05, 4.69) is 27.7 Å². The van der Waals surface area contributed by atoms with Gasteiger partial charge < -0.3 is 4.55 Å². The Hall–Kier alpha value is -0.440. The Morgan fingerprint density at radius 2 is 1.00 bits per heavy atom. The fourth-order valence-electron chi connectivity index (χ4n) is 4.21. The molecular formula is C25H47O3PS. The lowest BCUT2D eigenvalue weighted by Crippen LogP contribution is -2.12. The Morgan fingerprint density at radius 3 is 1.23 bits per heavy atom. The van der Waals surface area contributed by atoms with E-state index in [0.29, 0.717) is 11.1 Å². The van der Waals surface area contributed by atoms with Gasteiger partial charge in [-0.15, -0.1) is 0 Å². The van der Waals surface area contributed by atoms with Gasteiger partial charge in [-0.2, -0.15) is 0 Å². The van der Waals surface area contributed by atoms with Crippen LogP contribution < -0.4 is 0 Å². The molecule has 0 aromatic heterocycles. The first-order valence-electron chi connectivity index (χ1n) is 12.0. The fraction of sp³-hybridized carbons (Fsp3) is 0.760. The Bertz CT molecular complexity index is 638. The number of aryl methyl sites for hydroxylation is 3. The van der Waals surface area contributed by atoms with E-state index in [9.17, 15) is 13.0 Å². The smallest absolute Gasteiger partial charge is 0.124 e. The molecule has 0 heterocycles. The molecule has 0 unspecified atom stereocenters. The van der Waals surface area contributed by atoms with Crippen LogP contribution in [0.15, 0.2) is 17.0 Å². The number of hydrogen-bond donors (Lipinski definition) is 0. The SMILES string of the molecule is CCCC[P+](CCCC)(CCCC)CCCC.Cc1cc(C)c(S(=O)(=O)[O-])c(C)c1. The number of unbranched alkanes of at least 4 members (excludes halogenated alkanes) is 4. The molecule has 0 N–H and O–H groups in total. The minimum Gasteiger partial charge on any atom is -0.744 e. The van der Waals surface area contributed by atoms with Gasteiger partial charge in [0.1, 0.15) is 10.1 Å². The van der Waals surface area contributed by atoms with Crippen LogP contribution in [0.3, 0.4) is 0 Å². The molecule has 0 aliphatic heterocycles. The van der Waals surface area contributed by atoms with Gasteiger partial charge in [-0.3, -0.25) is 0 Å². The second-order valence-electron chi connectivity index (χ2n) is 8.83. The molecule has 1 aromatic rings. The molecule has 0 aliphatic carbocycles. The Balaban J connectivity index is 0.000000579. The van der Waals surface area contributed by atoms with Gasteiger partial charge in [0, 0.05) is 7.26 Å². The predicted molar refractivity (Wildman–Crippen MR) is 135 cm³/mol. The van der Waals surface area contributed by atoms with Crippen LogP contribution in [0, 0.1) is 20.8 Å². The zero-order valence-corrected chi connectivity index (χ0v) is 22.4. The normalized spacial score (nSPS) is 11.9. The Morgan fingerprint density at radius 1 is 0.700 bits per heavy atom. The summed E-state index contributed by atoms with van der Waals surface area (Å²) in [7, 11) is -4.89. The van der Waals surface area contributed by atoms with E-state index in [1.807, 2.05) is 6.92 Å². The molecule has 1 aromatic carbocycles. The first-order chi connectivity index (χ1) is 14.1. The average molecular weight is 459 g/mol. The monoisotopic (exact) mass is 458 g/mol. The van der Waals surface area contributed by atoms with Crippen molar-refractivity contribution in [3.63, 3.8) is 0 Å². The van der Waals surface area contributed by atoms with Crippen LogP contribution in [-0.2, 0) is 10.1 Å². The minimum absolute atomic E-state index is 0.0851. The van der Waals surface area contributed by atoms with Gasteiger partial charge in [0.2, 0.25) is 0 Å². The zero-order valence-electron chi connectivity index (χ0n) is 20.7. The molecule has 0 bridgehead atoms. The molecule has 0 saturated carbocycles. The van der Waals surface area contributed by atoms with E-state index in [0.717, 1.165) is 5.56 Å². The second kappa shape index (κ2) is 15.4. The average Bonchev–Trinajstić information content (AvgIpc) is 2.65. The van der Waals surface area contributed by atoms with Crippen molar-refractivity contribution in [1.82, 2.24) is 0 Å². The van der Waals surface area contributed by atoms with Crippen molar-refractivity contribution in [2.75, 3.05) is 24.6 Å². The fourth-order valence-corrected chi connectivity index (χ4v) is 10.4. The van der Waals surface area contributed by atoms with Crippen molar-refractivity contribution in [2.24, 2.45) is 0 Å². The van der Waals surface area contributed by atoms with Gasteiger partial charge in [0.25, 0.3) is 0 Å². The summed E-state index contributed by atoms with van der Waals surface area (Å²) in [5.74, 6) is 0. The lowest BCUT2D eigenvalue weighted by Gasteiger charge is -2.28. The summed E-state index contributed by atoms with van der Waals surface area (Å²) in [6, 6.07) is 3.38. The zero-order chi connectivity index (χ0) is 23.2. The molecule has 176 valence electrons. The first kappa shape index (κ1) is 29.6. The van der Waals surface area contributed by atoms with E-state index in [1.54, 1.807) is 50.6 Å². The van der Waals surface area contributed by atoms with Crippen LogP contribution in [0.5, 0.6) is 0 Å². The van der Waals surface area contributed by atoms with Gasteiger partial charge >= 0.3 is 0 Å². The van der Waals surface area contributed by atoms with Crippen molar-refractivity contribution in [2.45, 2.75) is 105 Å². The number of benzene rings is 1. The molecule has 0 fully saturated rings. The highest BCUT2D eigenvalue weighted by atomic mass is 32.2. The topological polar surface area (TPSA) is 57.2 Å². The third-order valence-electron chi connectivity index (χ3n) is 5.80. The van der Waals surface area contributed by atoms with Gasteiger partial charge in [-0.05, 0) is 57.6 Å². The highest BCUT2D eigenvalue weighted by Gasteiger charge is 2.34. The van der Waals surface area contributed by atoms with Crippen LogP contribution in [0.1, 0.15) is 95.8 Å². The van der Waals surface area contributed by atoms with Crippen molar-refractivity contribution >= 4 is 17.4 Å². The molecule has 30 heavy (non-hydrogen) atoms. The van der Waals surface area contributed by atoms with Crippen molar-refractivity contribution in [3.05, 3.63) is 28.8 Å². The van der Waals surface area contributed by atoms with Crippen molar-refractivity contribution in [3.8, 4) is 0 Å². The summed E-state index contributed by atoms with van der Waals surface area (Å²) >= 11 is 0. The number of rotatable bonds is 13. The van der Waals surface area contributed by atoms with Crippen LogP contribution in [0.4, 0.5) is 0 Å². The molecule has 1 rings (SSSR count). The summed E-state index contributed by atoms with van der Waals surface area (Å²) < 4.78 is 32.5.